The average molecular weight is 287 g/mol. The van der Waals surface area contributed by atoms with Gasteiger partial charge in [0.2, 0.25) is 0 Å². The quantitative estimate of drug-likeness (QED) is 0.608. The van der Waals surface area contributed by atoms with E-state index in [1.807, 2.05) is 19.9 Å². The first-order valence-corrected chi connectivity index (χ1v) is 6.66. The molecule has 0 aliphatic heterocycles. The number of nitrogens with one attached hydrogen (secondary N) is 1. The summed E-state index contributed by atoms with van der Waals surface area (Å²) in [7, 11) is 0. The molecule has 0 aliphatic rings. The van der Waals surface area contributed by atoms with Crippen LogP contribution in [0.5, 0.6) is 0 Å². The SMILES string of the molecule is CCN(CC)CCNc1cc(C#N)c(C#N)cc1[N+](=O)[O-]. The predicted octanol–water partition coefficient (Wildman–Crippen LogP) is 2.09. The molecule has 1 aromatic carbocycles. The van der Waals surface area contributed by atoms with Crippen molar-refractivity contribution in [3.8, 4) is 12.1 Å². The van der Waals surface area contributed by atoms with Crippen LogP contribution in [0.3, 0.4) is 0 Å². The van der Waals surface area contributed by atoms with E-state index in [0.29, 0.717) is 6.54 Å². The summed E-state index contributed by atoms with van der Waals surface area (Å²) in [5, 5.41) is 31.9. The van der Waals surface area contributed by atoms with Crippen LogP contribution in [0.15, 0.2) is 12.1 Å². The number of likely N-dealkylation sites (N-methyl/N-ethyl adjacent to an activating group) is 1. The highest BCUT2D eigenvalue weighted by atomic mass is 16.6. The Balaban J connectivity index is 2.98. The van der Waals surface area contributed by atoms with Gasteiger partial charge in [-0.3, -0.25) is 10.1 Å². The zero-order chi connectivity index (χ0) is 15.8. The Kier molecular flexibility index (Phi) is 6.12. The van der Waals surface area contributed by atoms with E-state index in [1.54, 1.807) is 6.07 Å². The van der Waals surface area contributed by atoms with Gasteiger partial charge in [-0.05, 0) is 19.2 Å². The number of anilines is 1. The molecule has 0 saturated heterocycles. The van der Waals surface area contributed by atoms with Crippen molar-refractivity contribution in [3.63, 3.8) is 0 Å². The van der Waals surface area contributed by atoms with Gasteiger partial charge in [-0.1, -0.05) is 13.8 Å². The van der Waals surface area contributed by atoms with Crippen LogP contribution in [0.25, 0.3) is 0 Å². The van der Waals surface area contributed by atoms with Crippen molar-refractivity contribution in [1.29, 1.82) is 10.5 Å². The monoisotopic (exact) mass is 287 g/mol. The molecule has 1 rings (SSSR count). The Morgan fingerprint density at radius 2 is 1.81 bits per heavy atom. The van der Waals surface area contributed by atoms with Crippen molar-refractivity contribution in [1.82, 2.24) is 4.90 Å². The van der Waals surface area contributed by atoms with E-state index >= 15 is 0 Å². The van der Waals surface area contributed by atoms with Gasteiger partial charge >= 0.3 is 0 Å². The lowest BCUT2D eigenvalue weighted by atomic mass is 10.1. The molecule has 7 nitrogen and oxygen atoms in total. The number of hydrogen-bond acceptors (Lipinski definition) is 6. The lowest BCUT2D eigenvalue weighted by Crippen LogP contribution is -2.28. The van der Waals surface area contributed by atoms with Crippen molar-refractivity contribution in [3.05, 3.63) is 33.4 Å². The van der Waals surface area contributed by atoms with Gasteiger partial charge in [0.25, 0.3) is 5.69 Å². The number of rotatable bonds is 7. The van der Waals surface area contributed by atoms with Crippen LogP contribution in [0.4, 0.5) is 11.4 Å². The van der Waals surface area contributed by atoms with Gasteiger partial charge < -0.3 is 10.2 Å². The third-order valence-electron chi connectivity index (χ3n) is 3.21. The van der Waals surface area contributed by atoms with Gasteiger partial charge in [-0.25, -0.2) is 0 Å². The number of benzene rings is 1. The van der Waals surface area contributed by atoms with Crippen molar-refractivity contribution >= 4 is 11.4 Å². The molecular weight excluding hydrogens is 270 g/mol. The summed E-state index contributed by atoms with van der Waals surface area (Å²) in [6.07, 6.45) is 0. The van der Waals surface area contributed by atoms with Crippen LogP contribution in [0, 0.1) is 32.8 Å². The van der Waals surface area contributed by atoms with E-state index in [0.717, 1.165) is 25.7 Å². The second-order valence-corrected chi connectivity index (χ2v) is 4.35. The molecule has 0 saturated carbocycles. The molecule has 21 heavy (non-hydrogen) atoms. The maximum absolute atomic E-state index is 11.1. The Morgan fingerprint density at radius 1 is 1.24 bits per heavy atom. The van der Waals surface area contributed by atoms with Gasteiger partial charge in [-0.2, -0.15) is 10.5 Å². The van der Waals surface area contributed by atoms with Crippen LogP contribution in [-0.2, 0) is 0 Å². The first-order chi connectivity index (χ1) is 10.1. The van der Waals surface area contributed by atoms with E-state index < -0.39 is 4.92 Å². The normalized spacial score (nSPS) is 9.95. The minimum Gasteiger partial charge on any atom is -0.378 e. The maximum atomic E-state index is 11.1. The Morgan fingerprint density at radius 3 is 2.29 bits per heavy atom. The van der Waals surface area contributed by atoms with Crippen molar-refractivity contribution in [2.45, 2.75) is 13.8 Å². The molecule has 1 N–H and O–H groups in total. The van der Waals surface area contributed by atoms with Crippen molar-refractivity contribution < 1.29 is 4.92 Å². The predicted molar refractivity (Wildman–Crippen MR) is 78.8 cm³/mol. The highest BCUT2D eigenvalue weighted by Gasteiger charge is 2.18. The number of hydrogen-bond donors (Lipinski definition) is 1. The second kappa shape index (κ2) is 7.83. The Hall–Kier alpha value is -2.64. The Bertz CT molecular complexity index is 597. The van der Waals surface area contributed by atoms with E-state index in [-0.39, 0.29) is 22.5 Å². The number of nitro benzene ring substituents is 1. The van der Waals surface area contributed by atoms with Gasteiger partial charge in [0.05, 0.1) is 16.1 Å². The highest BCUT2D eigenvalue weighted by Crippen LogP contribution is 2.27. The molecular formula is C14H17N5O2. The molecule has 0 radical (unpaired) electrons. The highest BCUT2D eigenvalue weighted by molar-refractivity contribution is 5.68. The summed E-state index contributed by atoms with van der Waals surface area (Å²) in [6, 6.07) is 6.17. The first-order valence-electron chi connectivity index (χ1n) is 6.66. The fourth-order valence-corrected chi connectivity index (χ4v) is 1.95. The summed E-state index contributed by atoms with van der Waals surface area (Å²) in [4.78, 5) is 12.7. The molecule has 0 bridgehead atoms. The zero-order valence-electron chi connectivity index (χ0n) is 12.1. The second-order valence-electron chi connectivity index (χ2n) is 4.35. The van der Waals surface area contributed by atoms with Crippen molar-refractivity contribution in [2.24, 2.45) is 0 Å². The molecule has 0 aromatic heterocycles. The van der Waals surface area contributed by atoms with Crippen LogP contribution in [0.1, 0.15) is 25.0 Å². The third-order valence-corrected chi connectivity index (χ3v) is 3.21. The van der Waals surface area contributed by atoms with Crippen LogP contribution < -0.4 is 5.32 Å². The molecule has 0 aliphatic carbocycles. The minimum absolute atomic E-state index is 0.0125. The molecule has 110 valence electrons. The molecule has 0 heterocycles. The van der Waals surface area contributed by atoms with Crippen LogP contribution in [0.2, 0.25) is 0 Å². The van der Waals surface area contributed by atoms with Crippen molar-refractivity contribution in [2.75, 3.05) is 31.5 Å². The number of nitrogens with zero attached hydrogens (tertiary/aromatic N) is 4. The van der Waals surface area contributed by atoms with Gasteiger partial charge in [0.1, 0.15) is 17.8 Å². The van der Waals surface area contributed by atoms with Gasteiger partial charge in [-0.15, -0.1) is 0 Å². The topological polar surface area (TPSA) is 106 Å². The fourth-order valence-electron chi connectivity index (χ4n) is 1.95. The van der Waals surface area contributed by atoms with Gasteiger partial charge in [0.15, 0.2) is 0 Å². The zero-order valence-corrected chi connectivity index (χ0v) is 12.1. The molecule has 0 amide bonds. The molecule has 0 unspecified atom stereocenters. The van der Waals surface area contributed by atoms with E-state index in [9.17, 15) is 10.1 Å². The fraction of sp³-hybridized carbons (Fsp3) is 0.429. The summed E-state index contributed by atoms with van der Waals surface area (Å²) in [6.45, 7) is 7.16. The minimum atomic E-state index is -0.554. The standard InChI is InChI=1S/C14H17N5O2/c1-3-18(4-2)6-5-17-13-7-11(9-15)12(10-16)8-14(13)19(20)21/h7-8,17H,3-6H2,1-2H3. The van der Waals surface area contributed by atoms with E-state index in [4.69, 9.17) is 10.5 Å². The molecule has 1 aromatic rings. The lowest BCUT2D eigenvalue weighted by molar-refractivity contribution is -0.384. The largest absolute Gasteiger partial charge is 0.378 e. The summed E-state index contributed by atoms with van der Waals surface area (Å²) < 4.78 is 0. The van der Waals surface area contributed by atoms with Gasteiger partial charge in [0, 0.05) is 19.2 Å². The lowest BCUT2D eigenvalue weighted by Gasteiger charge is -2.18. The number of nitro groups is 1. The summed E-state index contributed by atoms with van der Waals surface area (Å²) in [5.74, 6) is 0. The molecule has 0 fully saturated rings. The number of nitriles is 2. The van der Waals surface area contributed by atoms with Crippen LogP contribution in [-0.4, -0.2) is 36.0 Å². The molecule has 7 heteroatoms. The molecule has 0 spiro atoms. The smallest absolute Gasteiger partial charge is 0.293 e. The third kappa shape index (κ3) is 4.16. The van der Waals surface area contributed by atoms with E-state index in [1.165, 1.54) is 6.07 Å². The summed E-state index contributed by atoms with van der Waals surface area (Å²) >= 11 is 0. The Labute approximate surface area is 123 Å². The van der Waals surface area contributed by atoms with Crippen LogP contribution >= 0.6 is 0 Å². The summed E-state index contributed by atoms with van der Waals surface area (Å²) in [5.41, 5.74) is 0.222. The average Bonchev–Trinajstić information content (AvgIpc) is 2.50. The maximum Gasteiger partial charge on any atom is 0.293 e. The molecule has 0 atom stereocenters. The first kappa shape index (κ1) is 16.4. The van der Waals surface area contributed by atoms with E-state index in [2.05, 4.69) is 10.2 Å².